The maximum absolute atomic E-state index is 13.1. The second kappa shape index (κ2) is 14.6. The standard InChI is InChI=1S/C31H42ClF2N7/c32-28-7-2-1-4-25(28)19-38-31-39-20-26(16-35)30(40-31)37-18-22-12-23-5-3-6-24(13-22)29(23)36-17-21-8-10-41(11-9-21)27(14-33)15-34/h1-2,4,7,20-24,27,29,36H,3,5-6,8-15,17-19H2,(H2,37,38,39,40)/t22?,23-,24+,29?. The zero-order chi connectivity index (χ0) is 28.6. The maximum atomic E-state index is 13.1. The smallest absolute Gasteiger partial charge is 0.224 e. The summed E-state index contributed by atoms with van der Waals surface area (Å²) in [6, 6.07) is 9.87. The Kier molecular flexibility index (Phi) is 10.6. The molecule has 3 fully saturated rings. The van der Waals surface area contributed by atoms with E-state index >= 15 is 0 Å². The van der Waals surface area contributed by atoms with Gasteiger partial charge in [-0.3, -0.25) is 4.90 Å². The lowest BCUT2D eigenvalue weighted by Gasteiger charge is -2.47. The molecule has 2 unspecified atom stereocenters. The van der Waals surface area contributed by atoms with Crippen molar-refractivity contribution >= 4 is 23.4 Å². The maximum Gasteiger partial charge on any atom is 0.224 e. The molecule has 7 nitrogen and oxygen atoms in total. The fourth-order valence-corrected chi connectivity index (χ4v) is 7.37. The predicted molar refractivity (Wildman–Crippen MR) is 159 cm³/mol. The van der Waals surface area contributed by atoms with Crippen molar-refractivity contribution in [2.24, 2.45) is 23.7 Å². The van der Waals surface area contributed by atoms with E-state index in [1.165, 1.54) is 32.1 Å². The van der Waals surface area contributed by atoms with Gasteiger partial charge < -0.3 is 16.0 Å². The lowest BCUT2D eigenvalue weighted by Crippen LogP contribution is -2.52. The van der Waals surface area contributed by atoms with Gasteiger partial charge in [0, 0.05) is 24.2 Å². The van der Waals surface area contributed by atoms with Gasteiger partial charge in [0.25, 0.3) is 0 Å². The monoisotopic (exact) mass is 585 g/mol. The Morgan fingerprint density at radius 3 is 2.41 bits per heavy atom. The lowest BCUT2D eigenvalue weighted by atomic mass is 9.64. The van der Waals surface area contributed by atoms with Gasteiger partial charge in [0.05, 0.1) is 12.2 Å². The summed E-state index contributed by atoms with van der Waals surface area (Å²) in [6.07, 6.45) is 9.72. The summed E-state index contributed by atoms with van der Waals surface area (Å²) in [4.78, 5) is 10.9. The largest absolute Gasteiger partial charge is 0.369 e. The number of nitrogens with one attached hydrogen (secondary N) is 3. The van der Waals surface area contributed by atoms with E-state index < -0.39 is 19.4 Å². The molecule has 41 heavy (non-hydrogen) atoms. The fraction of sp³-hybridized carbons (Fsp3) is 0.645. The van der Waals surface area contributed by atoms with Crippen molar-refractivity contribution in [1.29, 1.82) is 5.26 Å². The normalized spacial score (nSPS) is 25.1. The Balaban J connectivity index is 1.11. The molecule has 1 saturated heterocycles. The van der Waals surface area contributed by atoms with Gasteiger partial charge in [-0.1, -0.05) is 36.2 Å². The van der Waals surface area contributed by atoms with E-state index in [-0.39, 0.29) is 0 Å². The molecular weight excluding hydrogens is 544 g/mol. The number of aromatic nitrogens is 2. The number of anilines is 2. The molecule has 5 rings (SSSR count). The third kappa shape index (κ3) is 7.65. The van der Waals surface area contributed by atoms with Crippen molar-refractivity contribution in [2.75, 3.05) is 50.2 Å². The summed E-state index contributed by atoms with van der Waals surface area (Å²) in [5.41, 5.74) is 1.40. The first-order valence-corrected chi connectivity index (χ1v) is 15.5. The number of benzene rings is 1. The number of fused-ring (bicyclic) bond motifs is 2. The van der Waals surface area contributed by atoms with E-state index in [0.717, 1.165) is 44.6 Å². The number of hydrogen-bond acceptors (Lipinski definition) is 7. The van der Waals surface area contributed by atoms with Crippen molar-refractivity contribution in [3.05, 3.63) is 46.6 Å². The Hall–Kier alpha value is -2.54. The molecule has 0 spiro atoms. The molecule has 4 atom stereocenters. The molecule has 3 N–H and O–H groups in total. The summed E-state index contributed by atoms with van der Waals surface area (Å²) in [5, 5.41) is 21.0. The molecule has 1 aliphatic heterocycles. The molecule has 2 aromatic rings. The number of nitrogens with zero attached hydrogens (tertiary/aromatic N) is 4. The summed E-state index contributed by atoms with van der Waals surface area (Å²) in [6.45, 7) is 2.68. The summed E-state index contributed by atoms with van der Waals surface area (Å²) in [7, 11) is 0. The predicted octanol–water partition coefficient (Wildman–Crippen LogP) is 5.83. The van der Waals surface area contributed by atoms with Crippen molar-refractivity contribution in [3.63, 3.8) is 0 Å². The molecule has 2 heterocycles. The van der Waals surface area contributed by atoms with Crippen LogP contribution < -0.4 is 16.0 Å². The number of piperidine rings is 1. The second-order valence-electron chi connectivity index (χ2n) is 12.1. The molecule has 222 valence electrons. The van der Waals surface area contributed by atoms with E-state index in [1.807, 2.05) is 29.2 Å². The second-order valence-corrected chi connectivity index (χ2v) is 12.5. The highest BCUT2D eigenvalue weighted by molar-refractivity contribution is 6.31. The highest BCUT2D eigenvalue weighted by Gasteiger charge is 2.40. The highest BCUT2D eigenvalue weighted by Crippen LogP contribution is 2.43. The van der Waals surface area contributed by atoms with Crippen molar-refractivity contribution in [2.45, 2.75) is 63.6 Å². The molecular formula is C31H42ClF2N7. The van der Waals surface area contributed by atoms with Gasteiger partial charge in [-0.15, -0.1) is 0 Å². The number of nitriles is 1. The number of halogens is 3. The number of hydrogen-bond donors (Lipinski definition) is 3. The Labute approximate surface area is 247 Å². The quantitative estimate of drug-likeness (QED) is 0.289. The number of alkyl halides is 2. The summed E-state index contributed by atoms with van der Waals surface area (Å²) >= 11 is 6.28. The summed E-state index contributed by atoms with van der Waals surface area (Å²) < 4.78 is 26.2. The number of likely N-dealkylation sites (tertiary alicyclic amines) is 1. The minimum absolute atomic E-state index is 0.444. The lowest BCUT2D eigenvalue weighted by molar-refractivity contribution is 0.0714. The van der Waals surface area contributed by atoms with Gasteiger partial charge in [0.2, 0.25) is 5.95 Å². The number of rotatable bonds is 12. The van der Waals surface area contributed by atoms with Crippen molar-refractivity contribution in [1.82, 2.24) is 20.2 Å². The Morgan fingerprint density at radius 1 is 1.00 bits per heavy atom. The molecule has 2 saturated carbocycles. The van der Waals surface area contributed by atoms with Crippen molar-refractivity contribution in [3.8, 4) is 6.07 Å². The molecule has 0 amide bonds. The van der Waals surface area contributed by atoms with Crippen LogP contribution >= 0.6 is 11.6 Å². The third-order valence-corrected chi connectivity index (χ3v) is 9.83. The van der Waals surface area contributed by atoms with Gasteiger partial charge in [-0.05, 0) is 93.5 Å². The third-order valence-electron chi connectivity index (χ3n) is 9.46. The van der Waals surface area contributed by atoms with Gasteiger partial charge in [-0.25, -0.2) is 13.8 Å². The molecule has 1 aromatic heterocycles. The first-order valence-electron chi connectivity index (χ1n) is 15.2. The Bertz CT molecular complexity index is 1150. The fourth-order valence-electron chi connectivity index (χ4n) is 7.17. The minimum atomic E-state index is -0.600. The molecule has 3 aliphatic rings. The van der Waals surface area contributed by atoms with E-state index in [9.17, 15) is 14.0 Å². The van der Waals surface area contributed by atoms with E-state index in [2.05, 4.69) is 32.0 Å². The average Bonchev–Trinajstić information content (AvgIpc) is 2.99. The van der Waals surface area contributed by atoms with Gasteiger partial charge in [-0.2, -0.15) is 10.2 Å². The minimum Gasteiger partial charge on any atom is -0.369 e. The van der Waals surface area contributed by atoms with Crippen LogP contribution in [0.3, 0.4) is 0 Å². The first kappa shape index (κ1) is 29.9. The molecule has 2 bridgehead atoms. The van der Waals surface area contributed by atoms with Gasteiger partial charge in [0.15, 0.2) is 0 Å². The van der Waals surface area contributed by atoms with Crippen LogP contribution in [0, 0.1) is 35.0 Å². The molecule has 2 aliphatic carbocycles. The molecule has 1 aromatic carbocycles. The zero-order valence-corrected chi connectivity index (χ0v) is 24.4. The van der Waals surface area contributed by atoms with Gasteiger partial charge in [0.1, 0.15) is 30.8 Å². The molecule has 0 radical (unpaired) electrons. The summed E-state index contributed by atoms with van der Waals surface area (Å²) in [5.74, 6) is 3.46. The average molecular weight is 586 g/mol. The molecule has 10 heteroatoms. The van der Waals surface area contributed by atoms with Crippen LogP contribution in [0.4, 0.5) is 20.5 Å². The van der Waals surface area contributed by atoms with Gasteiger partial charge >= 0.3 is 0 Å². The van der Waals surface area contributed by atoms with Crippen LogP contribution in [0.25, 0.3) is 0 Å². The van der Waals surface area contributed by atoms with Crippen LogP contribution in [0.1, 0.15) is 56.1 Å². The topological polar surface area (TPSA) is 88.9 Å². The van der Waals surface area contributed by atoms with E-state index in [4.69, 9.17) is 11.6 Å². The van der Waals surface area contributed by atoms with E-state index in [0.29, 0.717) is 58.6 Å². The van der Waals surface area contributed by atoms with E-state index in [1.54, 1.807) is 6.20 Å². The van der Waals surface area contributed by atoms with Crippen LogP contribution in [0.15, 0.2) is 30.5 Å². The van der Waals surface area contributed by atoms with Crippen LogP contribution in [0.5, 0.6) is 0 Å². The highest BCUT2D eigenvalue weighted by atomic mass is 35.5. The van der Waals surface area contributed by atoms with Crippen LogP contribution in [-0.4, -0.2) is 66.5 Å². The van der Waals surface area contributed by atoms with Crippen molar-refractivity contribution < 1.29 is 8.78 Å². The Morgan fingerprint density at radius 2 is 1.73 bits per heavy atom. The zero-order valence-electron chi connectivity index (χ0n) is 23.7. The van der Waals surface area contributed by atoms with Crippen LogP contribution in [-0.2, 0) is 6.54 Å². The SMILES string of the molecule is N#Cc1cnc(NCc2ccccc2Cl)nc1NCC1C[C@H]2CCC[C@@H](C1)C2NCC1CCN(C(CF)CF)CC1. The van der Waals surface area contributed by atoms with Crippen LogP contribution in [0.2, 0.25) is 5.02 Å². The first-order chi connectivity index (χ1) is 20.1.